The zero-order chi connectivity index (χ0) is 25.0. The number of likely N-dealkylation sites (N-methyl/N-ethyl adjacent to an activating group) is 1. The number of pyridine rings is 1. The molecule has 4 rings (SSSR count). The molecule has 0 bridgehead atoms. The van der Waals surface area contributed by atoms with E-state index in [1.807, 2.05) is 32.2 Å². The van der Waals surface area contributed by atoms with Crippen LogP contribution in [0.3, 0.4) is 0 Å². The molecule has 0 fully saturated rings. The number of hydrogen-bond acceptors (Lipinski definition) is 8. The number of sulfonamides is 1. The SMILES string of the molecule is C[C@H]1CN([C@@H](C)CO)S(=O)(=O)c2ccc(-c3cncnc3)cc2O[C@@H]1CN(C)Cc1ccccn1. The first-order chi connectivity index (χ1) is 16.8. The Morgan fingerprint density at radius 3 is 2.66 bits per heavy atom. The van der Waals surface area contributed by atoms with Crippen molar-refractivity contribution >= 4 is 10.0 Å². The van der Waals surface area contributed by atoms with E-state index < -0.39 is 16.1 Å². The molecule has 0 spiro atoms. The lowest BCUT2D eigenvalue weighted by molar-refractivity contribution is 0.0731. The molecule has 1 aliphatic heterocycles. The molecule has 0 saturated carbocycles. The number of nitrogens with zero attached hydrogens (tertiary/aromatic N) is 5. The van der Waals surface area contributed by atoms with Gasteiger partial charge in [-0.1, -0.05) is 19.1 Å². The van der Waals surface area contributed by atoms with Crippen LogP contribution in [0.2, 0.25) is 0 Å². The summed E-state index contributed by atoms with van der Waals surface area (Å²) in [6.07, 6.45) is 6.26. The minimum atomic E-state index is -3.89. The standard InChI is InChI=1S/C25H31N5O4S/c1-18-13-30(19(2)16-31)35(32,33)25-8-7-20(21-11-26-17-27-12-21)10-23(25)34-24(18)15-29(3)14-22-6-4-5-9-28-22/h4-12,17-19,24,31H,13-16H2,1-3H3/t18-,19-,24+/m0/s1. The third-order valence-electron chi connectivity index (χ3n) is 6.21. The molecule has 2 aromatic heterocycles. The van der Waals surface area contributed by atoms with E-state index in [2.05, 4.69) is 19.9 Å². The maximum absolute atomic E-state index is 13.6. The molecule has 1 aromatic carbocycles. The average molecular weight is 498 g/mol. The molecule has 0 amide bonds. The second-order valence-electron chi connectivity index (χ2n) is 9.05. The lowest BCUT2D eigenvalue weighted by Gasteiger charge is -2.37. The van der Waals surface area contributed by atoms with Gasteiger partial charge in [0.1, 0.15) is 23.1 Å². The van der Waals surface area contributed by atoms with Crippen LogP contribution in [-0.2, 0) is 16.6 Å². The Balaban J connectivity index is 1.72. The predicted molar refractivity (Wildman–Crippen MR) is 132 cm³/mol. The Morgan fingerprint density at radius 2 is 1.97 bits per heavy atom. The molecule has 1 aliphatic rings. The minimum absolute atomic E-state index is 0.0858. The van der Waals surface area contributed by atoms with Gasteiger partial charge >= 0.3 is 0 Å². The van der Waals surface area contributed by atoms with Gasteiger partial charge in [-0.05, 0) is 43.8 Å². The van der Waals surface area contributed by atoms with Crippen LogP contribution in [0.15, 0.2) is 66.2 Å². The van der Waals surface area contributed by atoms with Crippen molar-refractivity contribution in [3.05, 3.63) is 67.0 Å². The topological polar surface area (TPSA) is 109 Å². The second kappa shape index (κ2) is 10.8. The highest BCUT2D eigenvalue weighted by Gasteiger charge is 2.38. The van der Waals surface area contributed by atoms with Crippen LogP contribution in [0.1, 0.15) is 19.5 Å². The van der Waals surface area contributed by atoms with Crippen molar-refractivity contribution in [2.75, 3.05) is 26.7 Å². The molecule has 3 aromatic rings. The van der Waals surface area contributed by atoms with E-state index in [4.69, 9.17) is 4.74 Å². The van der Waals surface area contributed by atoms with Crippen molar-refractivity contribution in [2.45, 2.75) is 37.4 Å². The first kappa shape index (κ1) is 25.2. The molecular weight excluding hydrogens is 466 g/mol. The predicted octanol–water partition coefficient (Wildman–Crippen LogP) is 2.44. The van der Waals surface area contributed by atoms with Gasteiger partial charge in [0.25, 0.3) is 0 Å². The summed E-state index contributed by atoms with van der Waals surface area (Å²) in [6.45, 7) is 4.86. The number of rotatable bonds is 7. The van der Waals surface area contributed by atoms with E-state index in [0.717, 1.165) is 16.8 Å². The largest absolute Gasteiger partial charge is 0.487 e. The quantitative estimate of drug-likeness (QED) is 0.530. The van der Waals surface area contributed by atoms with E-state index in [9.17, 15) is 13.5 Å². The molecule has 1 N–H and O–H groups in total. The van der Waals surface area contributed by atoms with E-state index in [0.29, 0.717) is 13.1 Å². The summed E-state index contributed by atoms with van der Waals surface area (Å²) in [5, 5.41) is 9.82. The Labute approximate surface area is 206 Å². The first-order valence-corrected chi connectivity index (χ1v) is 13.0. The molecule has 9 nitrogen and oxygen atoms in total. The van der Waals surface area contributed by atoms with Gasteiger partial charge in [0.15, 0.2) is 0 Å². The molecular formula is C25H31N5O4S. The molecule has 0 unspecified atom stereocenters. The summed E-state index contributed by atoms with van der Waals surface area (Å²) in [5.74, 6) is 0.145. The van der Waals surface area contributed by atoms with Crippen LogP contribution < -0.4 is 4.74 Å². The molecule has 0 radical (unpaired) electrons. The van der Waals surface area contributed by atoms with Gasteiger partial charge in [0, 0.05) is 55.7 Å². The van der Waals surface area contributed by atoms with Gasteiger partial charge in [-0.15, -0.1) is 0 Å². The van der Waals surface area contributed by atoms with Crippen LogP contribution in [0.5, 0.6) is 5.75 Å². The van der Waals surface area contributed by atoms with Crippen LogP contribution >= 0.6 is 0 Å². The van der Waals surface area contributed by atoms with E-state index in [1.54, 1.807) is 43.7 Å². The maximum atomic E-state index is 13.6. The summed E-state index contributed by atoms with van der Waals surface area (Å²) < 4.78 is 35.1. The molecule has 0 saturated heterocycles. The normalized spacial score (nSPS) is 20.9. The van der Waals surface area contributed by atoms with Crippen molar-refractivity contribution in [3.63, 3.8) is 0 Å². The van der Waals surface area contributed by atoms with Crippen LogP contribution in [0.4, 0.5) is 0 Å². The fourth-order valence-electron chi connectivity index (χ4n) is 4.21. The second-order valence-corrected chi connectivity index (χ2v) is 10.9. The lowest BCUT2D eigenvalue weighted by atomic mass is 10.0. The van der Waals surface area contributed by atoms with E-state index >= 15 is 0 Å². The van der Waals surface area contributed by atoms with Gasteiger partial charge in [-0.2, -0.15) is 4.31 Å². The molecule has 0 aliphatic carbocycles. The van der Waals surface area contributed by atoms with Crippen LogP contribution in [0.25, 0.3) is 11.1 Å². The molecule has 10 heteroatoms. The highest BCUT2D eigenvalue weighted by atomic mass is 32.2. The zero-order valence-electron chi connectivity index (χ0n) is 20.2. The van der Waals surface area contributed by atoms with Crippen molar-refractivity contribution < 1.29 is 18.3 Å². The summed E-state index contributed by atoms with van der Waals surface area (Å²) >= 11 is 0. The summed E-state index contributed by atoms with van der Waals surface area (Å²) in [6, 6.07) is 10.3. The average Bonchev–Trinajstić information content (AvgIpc) is 2.86. The molecule has 3 atom stereocenters. The highest BCUT2D eigenvalue weighted by molar-refractivity contribution is 7.89. The van der Waals surface area contributed by atoms with Crippen molar-refractivity contribution in [1.29, 1.82) is 0 Å². The van der Waals surface area contributed by atoms with E-state index in [-0.39, 0.29) is 35.8 Å². The number of hydrogen-bond donors (Lipinski definition) is 1. The smallest absolute Gasteiger partial charge is 0.247 e. The number of aromatic nitrogens is 3. The zero-order valence-corrected chi connectivity index (χ0v) is 21.0. The monoisotopic (exact) mass is 497 g/mol. The third kappa shape index (κ3) is 5.67. The number of aliphatic hydroxyl groups is 1. The molecule has 3 heterocycles. The van der Waals surface area contributed by atoms with E-state index in [1.165, 1.54) is 10.6 Å². The first-order valence-electron chi connectivity index (χ1n) is 11.6. The van der Waals surface area contributed by atoms with Crippen molar-refractivity contribution in [2.24, 2.45) is 5.92 Å². The molecule has 186 valence electrons. The lowest BCUT2D eigenvalue weighted by Crippen LogP contribution is -2.49. The van der Waals surface area contributed by atoms with Crippen LogP contribution in [-0.4, -0.2) is 76.6 Å². The Morgan fingerprint density at radius 1 is 1.20 bits per heavy atom. The Bertz CT molecular complexity index is 1230. The van der Waals surface area contributed by atoms with Gasteiger partial charge in [-0.25, -0.2) is 18.4 Å². The maximum Gasteiger partial charge on any atom is 0.247 e. The van der Waals surface area contributed by atoms with Gasteiger partial charge in [-0.3, -0.25) is 9.88 Å². The van der Waals surface area contributed by atoms with Crippen molar-refractivity contribution in [1.82, 2.24) is 24.2 Å². The molecule has 35 heavy (non-hydrogen) atoms. The van der Waals surface area contributed by atoms with Gasteiger partial charge < -0.3 is 9.84 Å². The fourth-order valence-corrected chi connectivity index (χ4v) is 6.04. The number of aliphatic hydroxyl groups excluding tert-OH is 1. The highest BCUT2D eigenvalue weighted by Crippen LogP contribution is 2.36. The number of ether oxygens (including phenoxy) is 1. The summed E-state index contributed by atoms with van der Waals surface area (Å²) in [4.78, 5) is 14.7. The number of benzene rings is 1. The number of fused-ring (bicyclic) bond motifs is 1. The Hall–Kier alpha value is -2.92. The fraction of sp³-hybridized carbons (Fsp3) is 0.400. The van der Waals surface area contributed by atoms with Crippen LogP contribution in [0, 0.1) is 5.92 Å². The van der Waals surface area contributed by atoms with Gasteiger partial charge in [0.2, 0.25) is 10.0 Å². The third-order valence-corrected chi connectivity index (χ3v) is 8.23. The summed E-state index contributed by atoms with van der Waals surface area (Å²) in [7, 11) is -1.90. The minimum Gasteiger partial charge on any atom is -0.487 e. The van der Waals surface area contributed by atoms with Gasteiger partial charge in [0.05, 0.1) is 12.3 Å². The summed E-state index contributed by atoms with van der Waals surface area (Å²) in [5.41, 5.74) is 2.46. The Kier molecular flexibility index (Phi) is 7.75. The van der Waals surface area contributed by atoms with Crippen molar-refractivity contribution in [3.8, 4) is 16.9 Å².